The quantitative estimate of drug-likeness (QED) is 0.740. The molecule has 0 saturated carbocycles. The minimum Gasteiger partial charge on any atom is -0.379 e. The number of pyridine rings is 1. The van der Waals surface area contributed by atoms with Crippen molar-refractivity contribution in [3.8, 4) is 11.4 Å². The highest BCUT2D eigenvalue weighted by molar-refractivity contribution is 7.93. The molecule has 0 bridgehead atoms. The molecule has 158 valence electrons. The first-order chi connectivity index (χ1) is 14.5. The Hall–Kier alpha value is -2.36. The summed E-state index contributed by atoms with van der Waals surface area (Å²) in [6, 6.07) is 2.01. The van der Waals surface area contributed by atoms with Gasteiger partial charge in [0.1, 0.15) is 5.82 Å². The maximum atomic E-state index is 13.2. The van der Waals surface area contributed by atoms with Gasteiger partial charge in [-0.05, 0) is 24.5 Å². The molecule has 30 heavy (non-hydrogen) atoms. The molecule has 2 aliphatic heterocycles. The van der Waals surface area contributed by atoms with Crippen LogP contribution in [0.25, 0.3) is 17.5 Å². The summed E-state index contributed by atoms with van der Waals surface area (Å²) < 4.78 is 28.5. The third kappa shape index (κ3) is 3.61. The molecule has 0 amide bonds. The highest BCUT2D eigenvalue weighted by atomic mass is 32.2. The lowest BCUT2D eigenvalue weighted by Crippen LogP contribution is -2.44. The van der Waals surface area contributed by atoms with Crippen LogP contribution in [-0.2, 0) is 25.6 Å². The van der Waals surface area contributed by atoms with Crippen LogP contribution in [0.1, 0.15) is 18.1 Å². The summed E-state index contributed by atoms with van der Waals surface area (Å²) in [7, 11) is -2.46. The first-order valence-corrected chi connectivity index (χ1v) is 12.2. The van der Waals surface area contributed by atoms with Crippen LogP contribution in [-0.4, -0.2) is 69.7 Å². The van der Waals surface area contributed by atoms with Gasteiger partial charge in [-0.1, -0.05) is 12.2 Å². The fraction of sp³-hybridized carbons (Fsp3) is 0.476. The van der Waals surface area contributed by atoms with E-state index >= 15 is 0 Å². The number of anilines is 1. The van der Waals surface area contributed by atoms with Gasteiger partial charge >= 0.3 is 0 Å². The Labute approximate surface area is 176 Å². The summed E-state index contributed by atoms with van der Waals surface area (Å²) in [5, 5.41) is -0.0627. The average molecular weight is 428 g/mol. The fourth-order valence-electron chi connectivity index (χ4n) is 3.89. The number of hydrogen-bond donors (Lipinski definition) is 0. The van der Waals surface area contributed by atoms with Crippen LogP contribution in [0, 0.1) is 0 Å². The van der Waals surface area contributed by atoms with E-state index in [1.807, 2.05) is 12.3 Å². The molecule has 2 saturated heterocycles. The van der Waals surface area contributed by atoms with Crippen molar-refractivity contribution in [2.45, 2.75) is 24.6 Å². The topological polar surface area (TPSA) is 89.8 Å². The predicted molar refractivity (Wildman–Crippen MR) is 116 cm³/mol. The second kappa shape index (κ2) is 7.72. The van der Waals surface area contributed by atoms with Crippen LogP contribution in [0.4, 0.5) is 11.6 Å². The van der Waals surface area contributed by atoms with Crippen molar-refractivity contribution in [1.82, 2.24) is 15.0 Å². The molecule has 0 aromatic carbocycles. The van der Waals surface area contributed by atoms with Crippen molar-refractivity contribution < 1.29 is 13.7 Å². The molecule has 2 aromatic rings. The number of morpholine rings is 1. The van der Waals surface area contributed by atoms with Gasteiger partial charge in [0.25, 0.3) is 0 Å². The standard InChI is InChI=1S/C21H25N5O3S/c1-14-11-28-7-6-26(14)20-8-19(25-30(2,27)16-12-29-13-16)23-21(24-20)18-10-22-9-15-4-3-5-17(15)18/h3,5,8-10,14,16H,4,6-7,11-13H2,1-2H3/t14-,30+/m1/s1. The van der Waals surface area contributed by atoms with Crippen molar-refractivity contribution >= 4 is 27.4 Å². The molecule has 1 aliphatic carbocycles. The number of ether oxygens (including phenoxy) is 2. The lowest BCUT2D eigenvalue weighted by atomic mass is 10.1. The van der Waals surface area contributed by atoms with Gasteiger partial charge in [0.2, 0.25) is 0 Å². The van der Waals surface area contributed by atoms with E-state index in [0.29, 0.717) is 38.1 Å². The highest BCUT2D eigenvalue weighted by Crippen LogP contribution is 2.32. The largest absolute Gasteiger partial charge is 0.379 e. The number of fused-ring (bicyclic) bond motifs is 1. The molecule has 0 spiro atoms. The zero-order chi connectivity index (χ0) is 20.7. The molecule has 0 radical (unpaired) electrons. The van der Waals surface area contributed by atoms with Crippen LogP contribution in [0.15, 0.2) is 28.9 Å². The van der Waals surface area contributed by atoms with E-state index in [1.54, 1.807) is 12.5 Å². The van der Waals surface area contributed by atoms with E-state index < -0.39 is 9.73 Å². The second-order valence-corrected chi connectivity index (χ2v) is 10.6. The summed E-state index contributed by atoms with van der Waals surface area (Å²) in [5.74, 6) is 1.77. The Morgan fingerprint density at radius 3 is 2.83 bits per heavy atom. The van der Waals surface area contributed by atoms with Gasteiger partial charge in [0, 0.05) is 36.8 Å². The Morgan fingerprint density at radius 2 is 2.07 bits per heavy atom. The van der Waals surface area contributed by atoms with Crippen molar-refractivity contribution in [3.05, 3.63) is 35.7 Å². The summed E-state index contributed by atoms with van der Waals surface area (Å²) in [6.45, 7) is 5.08. The average Bonchev–Trinajstić information content (AvgIpc) is 3.14. The van der Waals surface area contributed by atoms with Gasteiger partial charge in [-0.15, -0.1) is 0 Å². The second-order valence-electron chi connectivity index (χ2n) is 8.00. The Balaban J connectivity index is 1.64. The molecule has 2 aromatic heterocycles. The first-order valence-electron chi connectivity index (χ1n) is 10.2. The van der Waals surface area contributed by atoms with Gasteiger partial charge in [-0.25, -0.2) is 14.2 Å². The van der Waals surface area contributed by atoms with Crippen LogP contribution in [0.3, 0.4) is 0 Å². The zero-order valence-electron chi connectivity index (χ0n) is 17.2. The van der Waals surface area contributed by atoms with E-state index in [0.717, 1.165) is 35.5 Å². The Bertz CT molecular complexity index is 1120. The predicted octanol–water partition coefficient (Wildman–Crippen LogP) is 2.46. The normalized spacial score (nSPS) is 23.0. The summed E-state index contributed by atoms with van der Waals surface area (Å²) in [6.07, 6.45) is 10.4. The maximum absolute atomic E-state index is 13.2. The van der Waals surface area contributed by atoms with Crippen LogP contribution >= 0.6 is 0 Å². The third-order valence-corrected chi connectivity index (χ3v) is 7.85. The lowest BCUT2D eigenvalue weighted by Gasteiger charge is -2.34. The smallest absolute Gasteiger partial charge is 0.167 e. The summed E-state index contributed by atoms with van der Waals surface area (Å²) >= 11 is 0. The van der Waals surface area contributed by atoms with E-state index in [2.05, 4.69) is 33.3 Å². The minimum absolute atomic E-state index is 0.0627. The molecule has 3 aliphatic rings. The monoisotopic (exact) mass is 427 g/mol. The van der Waals surface area contributed by atoms with Crippen molar-refractivity contribution in [2.24, 2.45) is 4.36 Å². The van der Waals surface area contributed by atoms with Crippen molar-refractivity contribution in [1.29, 1.82) is 0 Å². The van der Waals surface area contributed by atoms with Gasteiger partial charge in [0.15, 0.2) is 11.6 Å². The number of nitrogens with zero attached hydrogens (tertiary/aromatic N) is 5. The van der Waals surface area contributed by atoms with E-state index in [-0.39, 0.29) is 11.3 Å². The van der Waals surface area contributed by atoms with Gasteiger partial charge in [-0.2, -0.15) is 4.36 Å². The molecule has 5 rings (SSSR count). The van der Waals surface area contributed by atoms with Gasteiger partial charge in [-0.3, -0.25) is 4.98 Å². The van der Waals surface area contributed by atoms with Gasteiger partial charge < -0.3 is 14.4 Å². The number of aromatic nitrogens is 3. The summed E-state index contributed by atoms with van der Waals surface area (Å²) in [4.78, 5) is 16.2. The molecule has 2 fully saturated rings. The number of hydrogen-bond acceptors (Lipinski definition) is 8. The molecule has 8 nitrogen and oxygen atoms in total. The molecule has 0 unspecified atom stereocenters. The zero-order valence-corrected chi connectivity index (χ0v) is 18.0. The maximum Gasteiger partial charge on any atom is 0.167 e. The highest BCUT2D eigenvalue weighted by Gasteiger charge is 2.28. The molecule has 4 heterocycles. The molecule has 0 N–H and O–H groups in total. The molecular weight excluding hydrogens is 402 g/mol. The van der Waals surface area contributed by atoms with Crippen LogP contribution in [0.5, 0.6) is 0 Å². The van der Waals surface area contributed by atoms with Crippen LogP contribution in [0.2, 0.25) is 0 Å². The summed E-state index contributed by atoms with van der Waals surface area (Å²) in [5.41, 5.74) is 3.12. The van der Waals surface area contributed by atoms with E-state index in [4.69, 9.17) is 19.4 Å². The number of rotatable bonds is 4. The third-order valence-electron chi connectivity index (χ3n) is 5.80. The Morgan fingerprint density at radius 1 is 1.20 bits per heavy atom. The number of allylic oxidation sites excluding steroid dienone is 1. The molecular formula is C21H25N5O3S. The van der Waals surface area contributed by atoms with Crippen molar-refractivity contribution in [2.75, 3.05) is 44.1 Å². The van der Waals surface area contributed by atoms with E-state index in [9.17, 15) is 4.21 Å². The van der Waals surface area contributed by atoms with Gasteiger partial charge in [0.05, 0.1) is 47.4 Å². The lowest BCUT2D eigenvalue weighted by molar-refractivity contribution is 0.0431. The minimum atomic E-state index is -2.46. The molecule has 9 heteroatoms. The fourth-order valence-corrected chi connectivity index (χ4v) is 5.20. The van der Waals surface area contributed by atoms with Crippen molar-refractivity contribution in [3.63, 3.8) is 0 Å². The van der Waals surface area contributed by atoms with E-state index in [1.165, 1.54) is 0 Å². The molecule has 2 atom stereocenters. The first kappa shape index (κ1) is 19.6. The Kier molecular flexibility index (Phi) is 5.04. The SMILES string of the molecule is C[C@@H]1COCCN1c1cc(N=[S@@](C)(=O)C2COC2)nc(-c2cncc3c2C=CC3)n1. The van der Waals surface area contributed by atoms with Crippen LogP contribution < -0.4 is 4.90 Å².